The first-order valence-corrected chi connectivity index (χ1v) is 10.1. The summed E-state index contributed by atoms with van der Waals surface area (Å²) in [5, 5.41) is 0. The minimum atomic E-state index is 0.270. The first-order chi connectivity index (χ1) is 13.8. The van der Waals surface area contributed by atoms with Crippen LogP contribution in [0.4, 0.5) is 0 Å². The van der Waals surface area contributed by atoms with Gasteiger partial charge >= 0.3 is 0 Å². The Labute approximate surface area is 166 Å². The molecule has 0 saturated carbocycles. The van der Waals surface area contributed by atoms with Crippen molar-refractivity contribution in [3.63, 3.8) is 0 Å². The van der Waals surface area contributed by atoms with Crippen LogP contribution in [0.1, 0.15) is 24.1 Å². The van der Waals surface area contributed by atoms with Gasteiger partial charge in [0.15, 0.2) is 11.5 Å². The summed E-state index contributed by atoms with van der Waals surface area (Å²) in [5.41, 5.74) is 2.39. The van der Waals surface area contributed by atoms with E-state index in [4.69, 9.17) is 14.2 Å². The lowest BCUT2D eigenvalue weighted by Crippen LogP contribution is -2.43. The lowest BCUT2D eigenvalue weighted by atomic mass is 9.94. The fraction of sp³-hybridized carbons (Fsp3) is 0.500. The van der Waals surface area contributed by atoms with Gasteiger partial charge in [-0.15, -0.1) is 0 Å². The summed E-state index contributed by atoms with van der Waals surface area (Å²) in [6.07, 6.45) is 4.48. The molecule has 0 spiro atoms. The van der Waals surface area contributed by atoms with Crippen LogP contribution in [0.2, 0.25) is 0 Å². The Morgan fingerprint density at radius 2 is 2.07 bits per heavy atom. The van der Waals surface area contributed by atoms with Crippen molar-refractivity contribution in [2.24, 2.45) is 5.92 Å². The summed E-state index contributed by atoms with van der Waals surface area (Å²) < 4.78 is 16.7. The number of ether oxygens (including phenoxy) is 3. The van der Waals surface area contributed by atoms with Crippen LogP contribution in [-0.2, 0) is 13.1 Å². The van der Waals surface area contributed by atoms with Crippen LogP contribution in [0.15, 0.2) is 36.5 Å². The quantitative estimate of drug-likeness (QED) is 0.794. The maximum absolute atomic E-state index is 5.60. The monoisotopic (exact) mass is 381 g/mol. The highest BCUT2D eigenvalue weighted by atomic mass is 16.7. The van der Waals surface area contributed by atoms with E-state index in [1.165, 1.54) is 18.4 Å². The predicted molar refractivity (Wildman–Crippen MR) is 106 cm³/mol. The Morgan fingerprint density at radius 1 is 1.11 bits per heavy atom. The number of hydrogen-bond acceptors (Lipinski definition) is 6. The molecule has 2 atom stereocenters. The molecule has 6 rings (SSSR count). The number of piperidine rings is 1. The van der Waals surface area contributed by atoms with Gasteiger partial charge in [0.25, 0.3) is 0 Å². The van der Waals surface area contributed by atoms with Gasteiger partial charge in [-0.25, -0.2) is 0 Å². The Morgan fingerprint density at radius 3 is 2.93 bits per heavy atom. The molecule has 4 aliphatic heterocycles. The van der Waals surface area contributed by atoms with Gasteiger partial charge in [-0.2, -0.15) is 0 Å². The molecule has 0 amide bonds. The summed E-state index contributed by atoms with van der Waals surface area (Å²) in [7, 11) is 1.68. The van der Waals surface area contributed by atoms with Crippen molar-refractivity contribution in [3.05, 3.63) is 47.8 Å². The molecule has 3 saturated heterocycles. The summed E-state index contributed by atoms with van der Waals surface area (Å²) in [4.78, 5) is 9.75. The van der Waals surface area contributed by atoms with E-state index in [0.717, 1.165) is 61.6 Å². The third-order valence-electron chi connectivity index (χ3n) is 6.12. The Balaban J connectivity index is 1.31. The topological polar surface area (TPSA) is 47.1 Å². The molecule has 148 valence electrons. The van der Waals surface area contributed by atoms with Crippen molar-refractivity contribution in [1.82, 2.24) is 14.8 Å². The Kier molecular flexibility index (Phi) is 4.82. The van der Waals surface area contributed by atoms with Gasteiger partial charge in [-0.05, 0) is 48.6 Å². The average molecular weight is 381 g/mol. The van der Waals surface area contributed by atoms with Crippen LogP contribution in [-0.4, -0.2) is 54.4 Å². The molecule has 5 heterocycles. The van der Waals surface area contributed by atoms with Crippen LogP contribution >= 0.6 is 0 Å². The maximum atomic E-state index is 5.60. The van der Waals surface area contributed by atoms with Crippen molar-refractivity contribution in [2.75, 3.05) is 33.5 Å². The Bertz CT molecular complexity index is 829. The van der Waals surface area contributed by atoms with E-state index >= 15 is 0 Å². The lowest BCUT2D eigenvalue weighted by Gasteiger charge is -2.36. The summed E-state index contributed by atoms with van der Waals surface area (Å²) in [6.45, 7) is 5.56. The van der Waals surface area contributed by atoms with Crippen LogP contribution in [0.25, 0.3) is 0 Å². The number of fused-ring (bicyclic) bond motifs is 5. The third-order valence-corrected chi connectivity index (χ3v) is 6.12. The smallest absolute Gasteiger partial charge is 0.231 e. The Hall–Kier alpha value is -2.31. The molecule has 2 bridgehead atoms. The fourth-order valence-corrected chi connectivity index (χ4v) is 4.83. The van der Waals surface area contributed by atoms with Crippen molar-refractivity contribution in [2.45, 2.75) is 32.0 Å². The molecule has 0 unspecified atom stereocenters. The third kappa shape index (κ3) is 3.54. The molecule has 2 aromatic rings. The molecule has 4 aliphatic rings. The van der Waals surface area contributed by atoms with E-state index in [1.54, 1.807) is 7.11 Å². The number of rotatable bonds is 5. The molecule has 3 fully saturated rings. The molecule has 0 radical (unpaired) electrons. The average Bonchev–Trinajstić information content (AvgIpc) is 3.02. The molecular weight excluding hydrogens is 354 g/mol. The largest absolute Gasteiger partial charge is 0.493 e. The van der Waals surface area contributed by atoms with Crippen molar-refractivity contribution >= 4 is 0 Å². The van der Waals surface area contributed by atoms with E-state index in [0.29, 0.717) is 6.04 Å². The summed E-state index contributed by atoms with van der Waals surface area (Å²) >= 11 is 0. The van der Waals surface area contributed by atoms with E-state index in [9.17, 15) is 0 Å². The number of methoxy groups -OCH3 is 1. The molecule has 28 heavy (non-hydrogen) atoms. The van der Waals surface area contributed by atoms with E-state index in [2.05, 4.69) is 39.0 Å². The maximum Gasteiger partial charge on any atom is 0.231 e. The van der Waals surface area contributed by atoms with Gasteiger partial charge in [0.2, 0.25) is 12.5 Å². The van der Waals surface area contributed by atoms with Crippen molar-refractivity contribution in [3.8, 4) is 17.2 Å². The van der Waals surface area contributed by atoms with Crippen LogP contribution in [0.3, 0.4) is 0 Å². The van der Waals surface area contributed by atoms with Crippen LogP contribution < -0.4 is 14.2 Å². The molecular formula is C22H27N3O3. The van der Waals surface area contributed by atoms with Gasteiger partial charge < -0.3 is 14.2 Å². The van der Waals surface area contributed by atoms with Crippen molar-refractivity contribution < 1.29 is 14.2 Å². The highest BCUT2D eigenvalue weighted by Crippen LogP contribution is 2.42. The van der Waals surface area contributed by atoms with E-state index in [-0.39, 0.29) is 6.79 Å². The molecule has 1 aromatic carbocycles. The summed E-state index contributed by atoms with van der Waals surface area (Å²) in [5.74, 6) is 3.01. The van der Waals surface area contributed by atoms with Gasteiger partial charge in [-0.3, -0.25) is 14.8 Å². The first-order valence-electron chi connectivity index (χ1n) is 10.1. The van der Waals surface area contributed by atoms with Crippen LogP contribution in [0.5, 0.6) is 17.2 Å². The molecule has 6 heteroatoms. The molecule has 0 aliphatic carbocycles. The number of nitrogens with zero attached hydrogens (tertiary/aromatic N) is 3. The zero-order valence-corrected chi connectivity index (χ0v) is 16.3. The van der Waals surface area contributed by atoms with Gasteiger partial charge in [0.1, 0.15) is 0 Å². The second-order valence-electron chi connectivity index (χ2n) is 8.07. The van der Waals surface area contributed by atoms with Gasteiger partial charge in [-0.1, -0.05) is 6.07 Å². The van der Waals surface area contributed by atoms with E-state index < -0.39 is 0 Å². The second kappa shape index (κ2) is 7.60. The minimum Gasteiger partial charge on any atom is -0.493 e. The fourth-order valence-electron chi connectivity index (χ4n) is 4.83. The number of aromatic nitrogens is 1. The highest BCUT2D eigenvalue weighted by Gasteiger charge is 2.35. The number of hydrogen-bond donors (Lipinski definition) is 0. The normalized spacial score (nSPS) is 24.3. The lowest BCUT2D eigenvalue weighted by molar-refractivity contribution is 0.123. The predicted octanol–water partition coefficient (Wildman–Crippen LogP) is 2.92. The van der Waals surface area contributed by atoms with Crippen LogP contribution in [0, 0.1) is 5.92 Å². The standard InChI is InChI=1S/C22H27N3O3/c1-26-20-8-17(9-21-22(20)28-15-27-21)12-25-11-16-5-6-19(25)14-24(10-16)13-18-4-2-3-7-23-18/h2-4,7-9,16,19H,5-6,10-15H2,1H3/t16-,19+/m0/s1. The van der Waals surface area contributed by atoms with E-state index in [1.807, 2.05) is 12.3 Å². The molecule has 6 nitrogen and oxygen atoms in total. The van der Waals surface area contributed by atoms with Gasteiger partial charge in [0.05, 0.1) is 12.8 Å². The number of pyridine rings is 1. The minimum absolute atomic E-state index is 0.270. The molecule has 1 aromatic heterocycles. The number of benzene rings is 1. The SMILES string of the molecule is COc1cc(CN2C[C@H]3CC[C@@H]2CN(Cc2ccccn2)C3)cc2c1OCO2. The second-order valence-corrected chi connectivity index (χ2v) is 8.07. The zero-order valence-electron chi connectivity index (χ0n) is 16.3. The summed E-state index contributed by atoms with van der Waals surface area (Å²) in [6, 6.07) is 11.0. The molecule has 0 N–H and O–H groups in total. The van der Waals surface area contributed by atoms with Crippen molar-refractivity contribution in [1.29, 1.82) is 0 Å². The zero-order chi connectivity index (χ0) is 18.9. The first kappa shape index (κ1) is 17.8. The van der Waals surface area contributed by atoms with Gasteiger partial charge in [0, 0.05) is 45.0 Å². The highest BCUT2D eigenvalue weighted by molar-refractivity contribution is 5.55.